The number of cyclic esters (lactones) is 1. The molecule has 3 heterocycles. The van der Waals surface area contributed by atoms with Crippen LogP contribution in [0.4, 0.5) is 4.79 Å². The van der Waals surface area contributed by atoms with Crippen LogP contribution in [0.5, 0.6) is 0 Å². The highest BCUT2D eigenvalue weighted by Gasteiger charge is 2.45. The van der Waals surface area contributed by atoms with E-state index in [1.54, 1.807) is 18.5 Å². The van der Waals surface area contributed by atoms with Gasteiger partial charge in [-0.2, -0.15) is 0 Å². The van der Waals surface area contributed by atoms with E-state index in [0.29, 0.717) is 12.6 Å². The molecule has 1 saturated heterocycles. The van der Waals surface area contributed by atoms with Gasteiger partial charge in [-0.1, -0.05) is 49.6 Å². The number of H-pyrrole nitrogens is 2. The molecule has 1 aromatic carbocycles. The Morgan fingerprint density at radius 1 is 1.03 bits per heavy atom. The monoisotopic (exact) mass is 394 g/mol. The molecule has 5 rings (SSSR count). The topological polar surface area (TPSA) is 91.1 Å². The normalized spacial score (nSPS) is 22.2. The number of nitrogens with zero attached hydrogens (tertiary/aromatic N) is 2. The van der Waals surface area contributed by atoms with E-state index in [-0.39, 0.29) is 11.8 Å². The van der Waals surface area contributed by atoms with E-state index in [4.69, 9.17) is 4.74 Å². The van der Waals surface area contributed by atoms with Crippen LogP contribution in [-0.4, -0.2) is 38.5 Å². The average Bonchev–Trinajstić information content (AvgIpc) is 3.28. The summed E-state index contributed by atoms with van der Waals surface area (Å²) < 4.78 is 5.69. The number of benzene rings is 1. The first kappa shape index (κ1) is 19.2. The number of hydrogen-bond donors (Lipinski definition) is 2. The minimum absolute atomic E-state index is 0.141. The smallest absolute Gasteiger partial charge is 0.411 e. The molecule has 2 aliphatic rings. The van der Waals surface area contributed by atoms with Gasteiger partial charge < -0.3 is 19.6 Å². The first-order valence-corrected chi connectivity index (χ1v) is 10.1. The van der Waals surface area contributed by atoms with Crippen LogP contribution in [-0.2, 0) is 10.3 Å². The minimum atomic E-state index is -0.490. The van der Waals surface area contributed by atoms with E-state index in [2.05, 4.69) is 15.0 Å². The lowest BCUT2D eigenvalue weighted by Crippen LogP contribution is -2.39. The average molecular weight is 394 g/mol. The molecular weight excluding hydrogens is 368 g/mol. The minimum Gasteiger partial charge on any atom is -0.436 e. The van der Waals surface area contributed by atoms with Gasteiger partial charge in [0.25, 0.3) is 0 Å². The van der Waals surface area contributed by atoms with Gasteiger partial charge in [-0.15, -0.1) is 0 Å². The Labute approximate surface area is 169 Å². The first-order valence-electron chi connectivity index (χ1n) is 10.1. The van der Waals surface area contributed by atoms with Crippen molar-refractivity contribution in [2.75, 3.05) is 6.54 Å². The van der Waals surface area contributed by atoms with Gasteiger partial charge in [0.15, 0.2) is 5.60 Å². The number of imidazole rings is 1. The number of amides is 1. The van der Waals surface area contributed by atoms with E-state index in [1.807, 2.05) is 42.2 Å². The molecule has 1 atom stereocenters. The van der Waals surface area contributed by atoms with Crippen molar-refractivity contribution in [3.8, 4) is 0 Å². The summed E-state index contributed by atoms with van der Waals surface area (Å²) in [6.45, 7) is 2.70. The Morgan fingerprint density at radius 3 is 2.48 bits per heavy atom. The van der Waals surface area contributed by atoms with E-state index < -0.39 is 5.60 Å². The van der Waals surface area contributed by atoms with Crippen molar-refractivity contribution in [2.45, 2.75) is 50.7 Å². The number of hydrogen-bond acceptors (Lipinski definition) is 4. The van der Waals surface area contributed by atoms with Gasteiger partial charge in [-0.25, -0.2) is 9.59 Å². The zero-order valence-corrected chi connectivity index (χ0v) is 16.6. The predicted molar refractivity (Wildman–Crippen MR) is 111 cm³/mol. The summed E-state index contributed by atoms with van der Waals surface area (Å²) in [7, 11) is 0. The van der Waals surface area contributed by atoms with Gasteiger partial charge in [0.05, 0.1) is 23.8 Å². The third-order valence-corrected chi connectivity index (χ3v) is 5.74. The number of carbonyl (C=O) groups excluding carboxylic acids is 1. The summed E-state index contributed by atoms with van der Waals surface area (Å²) in [4.78, 5) is 33.8. The Hall–Kier alpha value is -3.09. The molecule has 1 aliphatic heterocycles. The number of carbonyl (C=O) groups is 1. The van der Waals surface area contributed by atoms with Crippen LogP contribution in [0.1, 0.15) is 44.6 Å². The fourth-order valence-corrected chi connectivity index (χ4v) is 4.16. The third-order valence-electron chi connectivity index (χ3n) is 5.74. The van der Waals surface area contributed by atoms with Crippen LogP contribution in [0.2, 0.25) is 0 Å². The summed E-state index contributed by atoms with van der Waals surface area (Å²) in [5.74, 6) is 0. The van der Waals surface area contributed by atoms with Gasteiger partial charge in [0.1, 0.15) is 0 Å². The fourth-order valence-electron chi connectivity index (χ4n) is 4.16. The summed E-state index contributed by atoms with van der Waals surface area (Å²) in [6.07, 6.45) is 9.11. The summed E-state index contributed by atoms with van der Waals surface area (Å²) in [5.41, 5.74) is 1.94. The van der Waals surface area contributed by atoms with Gasteiger partial charge >= 0.3 is 11.8 Å². The van der Waals surface area contributed by atoms with Gasteiger partial charge in [-0.3, -0.25) is 4.98 Å². The van der Waals surface area contributed by atoms with Crippen molar-refractivity contribution in [2.24, 2.45) is 0 Å². The highest BCUT2D eigenvalue weighted by molar-refractivity contribution is 5.72. The summed E-state index contributed by atoms with van der Waals surface area (Å²) in [6, 6.07) is 12.2. The SMILES string of the molecule is CC1(c2ccccc2)CN(C2CCCCC2)C(=O)O1.O=c1[nH]c2ccncc2[nH]1. The van der Waals surface area contributed by atoms with Crippen LogP contribution in [0.15, 0.2) is 53.6 Å². The quantitative estimate of drug-likeness (QED) is 0.689. The van der Waals surface area contributed by atoms with Crippen molar-refractivity contribution in [3.05, 3.63) is 64.8 Å². The second-order valence-corrected chi connectivity index (χ2v) is 7.88. The Balaban J connectivity index is 0.000000171. The van der Waals surface area contributed by atoms with E-state index in [0.717, 1.165) is 29.4 Å². The fraction of sp³-hybridized carbons (Fsp3) is 0.409. The zero-order valence-electron chi connectivity index (χ0n) is 16.6. The molecule has 2 N–H and O–H groups in total. The molecular formula is C22H26N4O3. The standard InChI is InChI=1S/C16H21NO2.C6H5N3O/c1-16(13-8-4-2-5-9-13)12-17(15(18)19-16)14-10-6-3-7-11-14;10-6-8-4-1-2-7-3-5(4)9-6/h2,4-5,8-9,14H,3,6-7,10-12H2,1H3;1-3H,(H2,8,9,10). The number of nitrogens with one attached hydrogen (secondary N) is 2. The second kappa shape index (κ2) is 8.11. The molecule has 0 radical (unpaired) electrons. The number of ether oxygens (including phenoxy) is 1. The number of pyridine rings is 1. The molecule has 0 spiro atoms. The van der Waals surface area contributed by atoms with Crippen LogP contribution in [0, 0.1) is 0 Å². The highest BCUT2D eigenvalue weighted by Crippen LogP contribution is 2.36. The van der Waals surface area contributed by atoms with Crippen molar-refractivity contribution in [1.29, 1.82) is 0 Å². The van der Waals surface area contributed by atoms with Crippen molar-refractivity contribution >= 4 is 17.1 Å². The van der Waals surface area contributed by atoms with Crippen molar-refractivity contribution in [1.82, 2.24) is 19.9 Å². The maximum absolute atomic E-state index is 12.2. The molecule has 152 valence electrons. The van der Waals surface area contributed by atoms with E-state index in [1.165, 1.54) is 19.3 Å². The molecule has 1 aliphatic carbocycles. The maximum Gasteiger partial charge on any atom is 0.411 e. The molecule has 1 amide bonds. The van der Waals surface area contributed by atoms with Crippen molar-refractivity contribution < 1.29 is 9.53 Å². The first-order chi connectivity index (χ1) is 14.0. The third kappa shape index (κ3) is 4.18. The Morgan fingerprint density at radius 2 is 1.76 bits per heavy atom. The lowest BCUT2D eigenvalue weighted by molar-refractivity contribution is 0.0697. The number of rotatable bonds is 2. The van der Waals surface area contributed by atoms with Crippen LogP contribution in [0.25, 0.3) is 11.0 Å². The molecule has 1 saturated carbocycles. The number of aromatic nitrogens is 3. The van der Waals surface area contributed by atoms with E-state index in [9.17, 15) is 9.59 Å². The van der Waals surface area contributed by atoms with Gasteiger partial charge in [0, 0.05) is 12.2 Å². The highest BCUT2D eigenvalue weighted by atomic mass is 16.6. The predicted octanol–water partition coefficient (Wildman–Crippen LogP) is 3.94. The number of aromatic amines is 2. The molecule has 2 fully saturated rings. The molecule has 0 bridgehead atoms. The number of fused-ring (bicyclic) bond motifs is 1. The Bertz CT molecular complexity index is 987. The van der Waals surface area contributed by atoms with Gasteiger partial charge in [-0.05, 0) is 31.4 Å². The largest absolute Gasteiger partial charge is 0.436 e. The molecule has 1 unspecified atom stereocenters. The summed E-state index contributed by atoms with van der Waals surface area (Å²) in [5, 5.41) is 0. The van der Waals surface area contributed by atoms with Crippen LogP contribution in [0.3, 0.4) is 0 Å². The molecule has 2 aromatic heterocycles. The van der Waals surface area contributed by atoms with Crippen LogP contribution >= 0.6 is 0 Å². The van der Waals surface area contributed by atoms with Crippen LogP contribution < -0.4 is 5.69 Å². The summed E-state index contributed by atoms with van der Waals surface area (Å²) >= 11 is 0. The Kier molecular flexibility index (Phi) is 5.38. The molecule has 29 heavy (non-hydrogen) atoms. The second-order valence-electron chi connectivity index (χ2n) is 7.88. The van der Waals surface area contributed by atoms with Crippen molar-refractivity contribution in [3.63, 3.8) is 0 Å². The molecule has 7 heteroatoms. The zero-order chi connectivity index (χ0) is 20.3. The lowest BCUT2D eigenvalue weighted by Gasteiger charge is -2.30. The van der Waals surface area contributed by atoms with Gasteiger partial charge in [0.2, 0.25) is 0 Å². The van der Waals surface area contributed by atoms with E-state index >= 15 is 0 Å². The lowest BCUT2D eigenvalue weighted by atomic mass is 9.92. The maximum atomic E-state index is 12.2. The molecule has 7 nitrogen and oxygen atoms in total. The molecule has 3 aromatic rings.